The number of rotatable bonds is 3. The fraction of sp³-hybridized carbons (Fsp3) is 0.0556. The third kappa shape index (κ3) is 3.55. The summed E-state index contributed by atoms with van der Waals surface area (Å²) in [4.78, 5) is 12.0. The third-order valence-electron chi connectivity index (χ3n) is 3.33. The Balaban J connectivity index is 1.76. The maximum absolute atomic E-state index is 12.0. The van der Waals surface area contributed by atoms with Crippen LogP contribution in [0.4, 0.5) is 10.5 Å². The van der Waals surface area contributed by atoms with Gasteiger partial charge in [-0.05, 0) is 35.0 Å². The Morgan fingerprint density at radius 3 is 2.57 bits per heavy atom. The van der Waals surface area contributed by atoms with Crippen LogP contribution in [0, 0.1) is 0 Å². The van der Waals surface area contributed by atoms with E-state index in [0.717, 1.165) is 10.8 Å². The number of anilines is 1. The van der Waals surface area contributed by atoms with Crippen LogP contribution >= 0.6 is 11.6 Å². The van der Waals surface area contributed by atoms with E-state index in [1.165, 1.54) is 7.11 Å². The number of hydrogen-bond donors (Lipinski definition) is 1. The van der Waals surface area contributed by atoms with E-state index in [1.807, 2.05) is 36.4 Å². The first-order valence-electron chi connectivity index (χ1n) is 6.97. The van der Waals surface area contributed by atoms with Crippen LogP contribution in [0.15, 0.2) is 60.7 Å². The van der Waals surface area contributed by atoms with Crippen molar-refractivity contribution in [2.75, 3.05) is 12.4 Å². The molecule has 0 unspecified atom stereocenters. The Morgan fingerprint density at radius 1 is 1.00 bits per heavy atom. The monoisotopic (exact) mass is 327 g/mol. The van der Waals surface area contributed by atoms with Crippen molar-refractivity contribution >= 4 is 34.2 Å². The van der Waals surface area contributed by atoms with Gasteiger partial charge in [0.25, 0.3) is 0 Å². The number of fused-ring (bicyclic) bond motifs is 1. The zero-order valence-corrected chi connectivity index (χ0v) is 13.1. The molecule has 0 bridgehead atoms. The number of methoxy groups -OCH3 is 1. The highest BCUT2D eigenvalue weighted by molar-refractivity contribution is 6.30. The third-order valence-corrected chi connectivity index (χ3v) is 3.57. The second-order valence-corrected chi connectivity index (χ2v) is 5.30. The molecule has 0 saturated heterocycles. The first-order valence-corrected chi connectivity index (χ1v) is 7.35. The van der Waals surface area contributed by atoms with Crippen molar-refractivity contribution in [3.8, 4) is 11.5 Å². The summed E-state index contributed by atoms with van der Waals surface area (Å²) in [6.45, 7) is 0. The van der Waals surface area contributed by atoms with Gasteiger partial charge in [0, 0.05) is 11.1 Å². The lowest BCUT2D eigenvalue weighted by Crippen LogP contribution is -2.17. The molecule has 5 heteroatoms. The SMILES string of the molecule is COc1cc(Cl)ccc1NC(=O)Oc1ccc2ccccc2c1. The Morgan fingerprint density at radius 2 is 1.78 bits per heavy atom. The summed E-state index contributed by atoms with van der Waals surface area (Å²) in [6.07, 6.45) is -0.596. The lowest BCUT2D eigenvalue weighted by molar-refractivity contribution is 0.215. The molecule has 0 radical (unpaired) electrons. The van der Waals surface area contributed by atoms with Crippen LogP contribution in [0.3, 0.4) is 0 Å². The molecule has 1 amide bonds. The molecular formula is C18H14ClNO3. The van der Waals surface area contributed by atoms with Crippen LogP contribution in [0.25, 0.3) is 10.8 Å². The molecule has 0 spiro atoms. The van der Waals surface area contributed by atoms with Gasteiger partial charge in [-0.1, -0.05) is 41.9 Å². The van der Waals surface area contributed by atoms with Crippen molar-refractivity contribution in [1.82, 2.24) is 0 Å². The molecule has 23 heavy (non-hydrogen) atoms. The normalized spacial score (nSPS) is 10.3. The molecule has 0 fully saturated rings. The van der Waals surface area contributed by atoms with Crippen molar-refractivity contribution in [2.45, 2.75) is 0 Å². The topological polar surface area (TPSA) is 47.6 Å². The highest BCUT2D eigenvalue weighted by Gasteiger charge is 2.10. The van der Waals surface area contributed by atoms with E-state index >= 15 is 0 Å². The fourth-order valence-electron chi connectivity index (χ4n) is 2.24. The van der Waals surface area contributed by atoms with Crippen LogP contribution in [-0.2, 0) is 0 Å². The van der Waals surface area contributed by atoms with Crippen molar-refractivity contribution < 1.29 is 14.3 Å². The van der Waals surface area contributed by atoms with E-state index in [2.05, 4.69) is 5.32 Å². The van der Waals surface area contributed by atoms with Crippen LogP contribution in [0.1, 0.15) is 0 Å². The molecule has 3 aromatic carbocycles. The Bertz CT molecular complexity index is 864. The Labute approximate surface area is 138 Å². The minimum absolute atomic E-state index is 0.466. The molecule has 116 valence electrons. The first-order chi connectivity index (χ1) is 11.2. The van der Waals surface area contributed by atoms with E-state index in [4.69, 9.17) is 21.1 Å². The summed E-state index contributed by atoms with van der Waals surface area (Å²) < 4.78 is 10.5. The van der Waals surface area contributed by atoms with Gasteiger partial charge in [-0.15, -0.1) is 0 Å². The molecule has 4 nitrogen and oxygen atoms in total. The lowest BCUT2D eigenvalue weighted by Gasteiger charge is -2.11. The fourth-order valence-corrected chi connectivity index (χ4v) is 2.40. The first kappa shape index (κ1) is 15.2. The number of ether oxygens (including phenoxy) is 2. The molecule has 1 N–H and O–H groups in total. The zero-order valence-electron chi connectivity index (χ0n) is 12.4. The second-order valence-electron chi connectivity index (χ2n) is 4.87. The minimum Gasteiger partial charge on any atom is -0.495 e. The lowest BCUT2D eigenvalue weighted by atomic mass is 10.1. The summed E-state index contributed by atoms with van der Waals surface area (Å²) in [5, 5.41) is 5.25. The van der Waals surface area contributed by atoms with E-state index in [1.54, 1.807) is 24.3 Å². The van der Waals surface area contributed by atoms with E-state index in [0.29, 0.717) is 22.2 Å². The highest BCUT2D eigenvalue weighted by atomic mass is 35.5. The largest absolute Gasteiger partial charge is 0.495 e. The number of carbonyl (C=O) groups excluding carboxylic acids is 1. The quantitative estimate of drug-likeness (QED) is 0.727. The molecule has 0 saturated carbocycles. The summed E-state index contributed by atoms with van der Waals surface area (Å²) in [7, 11) is 1.51. The molecule has 0 aliphatic heterocycles. The van der Waals surface area contributed by atoms with Gasteiger partial charge in [0.2, 0.25) is 0 Å². The van der Waals surface area contributed by atoms with Crippen LogP contribution in [-0.4, -0.2) is 13.2 Å². The molecule has 3 aromatic rings. The van der Waals surface area contributed by atoms with Gasteiger partial charge >= 0.3 is 6.09 Å². The molecule has 0 atom stereocenters. The summed E-state index contributed by atoms with van der Waals surface area (Å²) in [5.74, 6) is 0.932. The predicted molar refractivity (Wildman–Crippen MR) is 91.6 cm³/mol. The van der Waals surface area contributed by atoms with Crippen molar-refractivity contribution in [3.63, 3.8) is 0 Å². The highest BCUT2D eigenvalue weighted by Crippen LogP contribution is 2.28. The van der Waals surface area contributed by atoms with E-state index in [-0.39, 0.29) is 0 Å². The van der Waals surface area contributed by atoms with Crippen LogP contribution in [0.2, 0.25) is 5.02 Å². The molecule has 0 aliphatic carbocycles. The van der Waals surface area contributed by atoms with Gasteiger partial charge in [0.1, 0.15) is 11.5 Å². The molecular weight excluding hydrogens is 314 g/mol. The van der Waals surface area contributed by atoms with Crippen molar-refractivity contribution in [2.24, 2.45) is 0 Å². The number of benzene rings is 3. The van der Waals surface area contributed by atoms with Crippen LogP contribution in [0.5, 0.6) is 11.5 Å². The summed E-state index contributed by atoms with van der Waals surface area (Å²) in [6, 6.07) is 18.3. The van der Waals surface area contributed by atoms with Gasteiger partial charge in [0.05, 0.1) is 12.8 Å². The molecule has 0 aliphatic rings. The zero-order chi connectivity index (χ0) is 16.2. The van der Waals surface area contributed by atoms with Crippen LogP contribution < -0.4 is 14.8 Å². The maximum atomic E-state index is 12.0. The van der Waals surface area contributed by atoms with Gasteiger partial charge in [-0.3, -0.25) is 5.32 Å². The molecule has 3 rings (SSSR count). The average Bonchev–Trinajstić information content (AvgIpc) is 2.56. The van der Waals surface area contributed by atoms with Crippen molar-refractivity contribution in [1.29, 1.82) is 0 Å². The summed E-state index contributed by atoms with van der Waals surface area (Å²) in [5.41, 5.74) is 0.489. The van der Waals surface area contributed by atoms with Gasteiger partial charge in [0.15, 0.2) is 0 Å². The number of carbonyl (C=O) groups is 1. The minimum atomic E-state index is -0.596. The Hall–Kier alpha value is -2.72. The molecule has 0 heterocycles. The molecule has 0 aromatic heterocycles. The smallest absolute Gasteiger partial charge is 0.417 e. The number of halogens is 1. The number of amides is 1. The van der Waals surface area contributed by atoms with Gasteiger partial charge < -0.3 is 9.47 Å². The van der Waals surface area contributed by atoms with E-state index in [9.17, 15) is 4.79 Å². The van der Waals surface area contributed by atoms with E-state index < -0.39 is 6.09 Å². The number of nitrogens with one attached hydrogen (secondary N) is 1. The second kappa shape index (κ2) is 6.58. The summed E-state index contributed by atoms with van der Waals surface area (Å²) >= 11 is 5.89. The maximum Gasteiger partial charge on any atom is 0.417 e. The van der Waals surface area contributed by atoms with Gasteiger partial charge in [-0.25, -0.2) is 4.79 Å². The van der Waals surface area contributed by atoms with Gasteiger partial charge in [-0.2, -0.15) is 0 Å². The Kier molecular flexibility index (Phi) is 4.35. The standard InChI is InChI=1S/C18H14ClNO3/c1-22-17-11-14(19)7-9-16(17)20-18(21)23-15-8-6-12-4-2-3-5-13(12)10-15/h2-11H,1H3,(H,20,21). The predicted octanol–water partition coefficient (Wildman–Crippen LogP) is 5.11. The van der Waals surface area contributed by atoms with Crippen molar-refractivity contribution in [3.05, 3.63) is 65.7 Å². The number of hydrogen-bond acceptors (Lipinski definition) is 3. The average molecular weight is 328 g/mol.